The van der Waals surface area contributed by atoms with Crippen LogP contribution in [0.1, 0.15) is 89.3 Å². The minimum absolute atomic E-state index is 0.0155. The largest absolute Gasteiger partial charge is 0.508 e. The number of aliphatic hydroxyl groups excluding tert-OH is 3. The number of aliphatic hydroxyl groups is 3. The number of primary amides is 1. The maximum absolute atomic E-state index is 14.9. The van der Waals surface area contributed by atoms with Crippen molar-refractivity contribution in [2.75, 3.05) is 111 Å². The van der Waals surface area contributed by atoms with Crippen molar-refractivity contribution in [3.63, 3.8) is 0 Å². The molecule has 6 unspecified atom stereocenters. The number of ether oxygens (including phenoxy) is 4. The molecule has 32 heteroatoms. The molecule has 0 radical (unpaired) electrons. The summed E-state index contributed by atoms with van der Waals surface area (Å²) in [7, 11) is 0. The van der Waals surface area contributed by atoms with Gasteiger partial charge in [-0.25, -0.2) is 0 Å². The van der Waals surface area contributed by atoms with Crippen molar-refractivity contribution in [1.29, 1.82) is 0 Å². The number of nitrogens with one attached hydrogen (secondary N) is 8. The molecular weight excluding hydrogens is 1230 g/mol. The van der Waals surface area contributed by atoms with Crippen molar-refractivity contribution >= 4 is 76.4 Å². The number of aromatic hydroxyl groups is 1. The SMILES string of the molecule is C=C1C[C@@H](C)NC(=O)C([C@@H](C)[C@@H](O)CO)NC(=O)C2C[C@@H](O)CN2C(=O)C(CC(N)=O)NC(=O)C(NC(=O)CNC(=O)C(NC(=O)CN)[C@@H](C)CC)Cc2c1ccc(O)c2CSCCCCNC(=O)CCOCCOCCOCCOCCNCC(N)CN1C=CC1=O. The van der Waals surface area contributed by atoms with E-state index < -0.39 is 147 Å². The monoisotopic (exact) mass is 1330 g/mol. The van der Waals surface area contributed by atoms with Crippen molar-refractivity contribution in [3.8, 4) is 5.75 Å². The molecule has 3 aliphatic heterocycles. The standard InChI is InChI=1S/C61H99N13O18S/c1-6-36(2)55(71-52(81)29-62)59(86)67-31-53(82)69-45-27-43-42(37(3)25-38(4)68-60(87)56(39(5)49(78)34-75)72-58(85)47-26-41(76)33-74(47)61(88)46(28-50(64)79)70-57(45)84)9-10-48(77)44(43)35-93-24-8-7-13-66-51(80)12-16-89-18-20-91-22-23-92-21-19-90-17-14-65-30-40(63)32-73-15-11-54(73)83/h9-11,15,36,38-41,45-47,49,55-56,65,75-78H,3,6-8,12-14,16-35,62-63H2,1-2,4-5H3,(H2,64,79)(H,66,80)(H,67,86)(H,68,87)(H,69,82)(H,70,84)(H,71,81)(H,72,85)/t36-,38+,39-,40?,41+,45?,46?,47?,49-,55?,56?/m0/s1. The third kappa shape index (κ3) is 27.2. The summed E-state index contributed by atoms with van der Waals surface area (Å²) in [6, 6.07) is -5.53. The van der Waals surface area contributed by atoms with E-state index >= 15 is 0 Å². The number of hydrogen-bond donors (Lipinski definition) is 15. The summed E-state index contributed by atoms with van der Waals surface area (Å²) in [5.41, 5.74) is 18.5. The molecule has 11 atom stereocenters. The second kappa shape index (κ2) is 41.8. The van der Waals surface area contributed by atoms with Gasteiger partial charge in [-0.05, 0) is 60.6 Å². The van der Waals surface area contributed by atoms with E-state index in [4.69, 9.17) is 36.1 Å². The number of phenolic OH excluding ortho intramolecular Hbond substituents is 1. The van der Waals surface area contributed by atoms with Crippen molar-refractivity contribution in [1.82, 2.24) is 52.3 Å². The van der Waals surface area contributed by atoms with Gasteiger partial charge < -0.3 is 109 Å². The smallest absolute Gasteiger partial charge is 0.252 e. The number of nitrogens with two attached hydrogens (primary N) is 3. The van der Waals surface area contributed by atoms with E-state index in [1.165, 1.54) is 36.9 Å². The van der Waals surface area contributed by atoms with Crippen LogP contribution in [0.2, 0.25) is 0 Å². The fraction of sp³-hybridized carbons (Fsp3) is 0.672. The first-order valence-electron chi connectivity index (χ1n) is 31.5. The number of hydrogen-bond acceptors (Lipinski definition) is 22. The summed E-state index contributed by atoms with van der Waals surface area (Å²) < 4.78 is 22.2. The molecule has 0 spiro atoms. The molecule has 1 fully saturated rings. The highest BCUT2D eigenvalue weighted by atomic mass is 32.2. The van der Waals surface area contributed by atoms with Gasteiger partial charge in [0.25, 0.3) is 5.91 Å². The summed E-state index contributed by atoms with van der Waals surface area (Å²) in [6.07, 6.45) is 0.598. The first-order valence-corrected chi connectivity index (χ1v) is 32.7. The Morgan fingerprint density at radius 1 is 0.860 bits per heavy atom. The molecule has 1 aromatic rings. The van der Waals surface area contributed by atoms with Crippen LogP contribution in [0.25, 0.3) is 5.57 Å². The zero-order valence-electron chi connectivity index (χ0n) is 53.8. The van der Waals surface area contributed by atoms with Crippen LogP contribution < -0.4 is 59.7 Å². The molecule has 93 heavy (non-hydrogen) atoms. The Morgan fingerprint density at radius 2 is 1.54 bits per heavy atom. The molecule has 0 saturated carbocycles. The number of unbranched alkanes of at least 4 members (excludes halogenated alkanes) is 1. The molecule has 0 aliphatic carbocycles. The fourth-order valence-electron chi connectivity index (χ4n) is 10.3. The maximum atomic E-state index is 14.9. The zero-order chi connectivity index (χ0) is 68.6. The van der Waals surface area contributed by atoms with Crippen LogP contribution in [-0.2, 0) is 79.1 Å². The minimum atomic E-state index is -1.81. The number of phenols is 1. The number of nitrogens with zero attached hydrogens (tertiary/aromatic N) is 2. The van der Waals surface area contributed by atoms with E-state index in [2.05, 4.69) is 49.1 Å². The van der Waals surface area contributed by atoms with Crippen LogP contribution in [0.15, 0.2) is 31.0 Å². The van der Waals surface area contributed by atoms with Gasteiger partial charge in [0.1, 0.15) is 36.0 Å². The molecule has 18 N–H and O–H groups in total. The first-order chi connectivity index (χ1) is 44.4. The van der Waals surface area contributed by atoms with E-state index in [1.54, 1.807) is 31.9 Å². The molecule has 0 bridgehead atoms. The van der Waals surface area contributed by atoms with Crippen molar-refractivity contribution < 1.29 is 87.3 Å². The average Bonchev–Trinajstić information content (AvgIpc) is 1.82. The molecule has 522 valence electrons. The molecule has 4 rings (SSSR count). The van der Waals surface area contributed by atoms with Gasteiger partial charge in [0.05, 0.1) is 91.2 Å². The fourth-order valence-corrected chi connectivity index (χ4v) is 11.4. The molecule has 3 heterocycles. The van der Waals surface area contributed by atoms with Crippen molar-refractivity contribution in [2.24, 2.45) is 29.0 Å². The molecular formula is C61H99N13O18S. The van der Waals surface area contributed by atoms with E-state index in [1.807, 2.05) is 0 Å². The highest BCUT2D eigenvalue weighted by Crippen LogP contribution is 2.35. The average molecular weight is 1330 g/mol. The Bertz CT molecular complexity index is 2690. The van der Waals surface area contributed by atoms with E-state index in [0.717, 1.165) is 4.90 Å². The van der Waals surface area contributed by atoms with Gasteiger partial charge >= 0.3 is 0 Å². The van der Waals surface area contributed by atoms with Gasteiger partial charge in [-0.1, -0.05) is 39.8 Å². The van der Waals surface area contributed by atoms with Gasteiger partial charge in [-0.15, -0.1) is 0 Å². The van der Waals surface area contributed by atoms with Gasteiger partial charge in [0, 0.05) is 93.6 Å². The molecule has 3 aliphatic rings. The lowest BCUT2D eigenvalue weighted by molar-refractivity contribution is -0.144. The molecule has 10 amide bonds. The van der Waals surface area contributed by atoms with E-state index in [9.17, 15) is 68.4 Å². The van der Waals surface area contributed by atoms with Crippen LogP contribution in [0.5, 0.6) is 5.75 Å². The third-order valence-electron chi connectivity index (χ3n) is 15.8. The summed E-state index contributed by atoms with van der Waals surface area (Å²) in [5, 5.41) is 64.8. The Balaban J connectivity index is 1.43. The zero-order valence-corrected chi connectivity index (χ0v) is 54.6. The maximum Gasteiger partial charge on any atom is 0.252 e. The second-order valence-corrected chi connectivity index (χ2v) is 24.4. The third-order valence-corrected chi connectivity index (χ3v) is 16.9. The summed E-state index contributed by atoms with van der Waals surface area (Å²) >= 11 is 1.41. The number of rotatable bonds is 39. The van der Waals surface area contributed by atoms with E-state index in [-0.39, 0.29) is 61.8 Å². The van der Waals surface area contributed by atoms with Gasteiger partial charge in [-0.3, -0.25) is 47.9 Å². The Kier molecular flexibility index (Phi) is 35.3. The summed E-state index contributed by atoms with van der Waals surface area (Å²) in [5.74, 6) is -8.46. The van der Waals surface area contributed by atoms with Crippen LogP contribution in [0.3, 0.4) is 0 Å². The predicted octanol–water partition coefficient (Wildman–Crippen LogP) is -4.40. The van der Waals surface area contributed by atoms with Crippen LogP contribution >= 0.6 is 11.8 Å². The summed E-state index contributed by atoms with van der Waals surface area (Å²) in [4.78, 5) is 137. The Labute approximate surface area is 546 Å². The number of carbonyl (C=O) groups is 10. The van der Waals surface area contributed by atoms with Crippen LogP contribution in [-0.4, -0.2) is 255 Å². The van der Waals surface area contributed by atoms with Gasteiger partial charge in [0.2, 0.25) is 53.2 Å². The number of thioether (sulfide) groups is 1. The molecule has 1 saturated heterocycles. The number of amides is 10. The lowest BCUT2D eigenvalue weighted by atomic mass is 9.88. The van der Waals surface area contributed by atoms with Crippen molar-refractivity contribution in [3.05, 3.63) is 47.7 Å². The van der Waals surface area contributed by atoms with E-state index in [0.29, 0.717) is 113 Å². The number of benzene rings is 1. The number of fused-ring (bicyclic) bond motifs is 2. The second-order valence-electron chi connectivity index (χ2n) is 23.3. The quantitative estimate of drug-likeness (QED) is 0.0277. The molecule has 0 aromatic heterocycles. The van der Waals surface area contributed by atoms with Gasteiger partial charge in [-0.2, -0.15) is 11.8 Å². The topological polar surface area (TPSA) is 469 Å². The van der Waals surface area contributed by atoms with Crippen LogP contribution in [0, 0.1) is 11.8 Å². The lowest BCUT2D eigenvalue weighted by Gasteiger charge is -2.33. The molecule has 1 aromatic carbocycles. The highest BCUT2D eigenvalue weighted by Gasteiger charge is 2.44. The Hall–Kier alpha value is -6.85. The first kappa shape index (κ1) is 78.6. The van der Waals surface area contributed by atoms with Gasteiger partial charge in [0.15, 0.2) is 0 Å². The lowest BCUT2D eigenvalue weighted by Crippen LogP contribution is -2.60. The summed E-state index contributed by atoms with van der Waals surface area (Å²) in [6.45, 7) is 13.3. The molecule has 31 nitrogen and oxygen atoms in total. The van der Waals surface area contributed by atoms with Crippen molar-refractivity contribution in [2.45, 2.75) is 139 Å². The minimum Gasteiger partial charge on any atom is -0.508 e. The highest BCUT2D eigenvalue weighted by molar-refractivity contribution is 7.98. The Morgan fingerprint density at radius 3 is 2.16 bits per heavy atom. The number of carbonyl (C=O) groups excluding carboxylic acids is 10. The van der Waals surface area contributed by atoms with Crippen LogP contribution in [0.4, 0.5) is 0 Å². The normalized spacial score (nSPS) is 21.3. The predicted molar refractivity (Wildman–Crippen MR) is 342 cm³/mol.